The summed E-state index contributed by atoms with van der Waals surface area (Å²) in [4.78, 5) is 46.8. The van der Waals surface area contributed by atoms with Gasteiger partial charge >= 0.3 is 5.97 Å². The maximum Gasteiger partial charge on any atom is 0.325 e. The van der Waals surface area contributed by atoms with Crippen molar-refractivity contribution >= 4 is 23.6 Å². The zero-order valence-electron chi connectivity index (χ0n) is 15.2. The molecular formula is C19H20N2O7. The lowest BCUT2D eigenvalue weighted by Gasteiger charge is -2.07. The molecule has 0 fully saturated rings. The third-order valence-electron chi connectivity index (χ3n) is 3.44. The first-order valence-corrected chi connectivity index (χ1v) is 8.49. The zero-order valence-corrected chi connectivity index (χ0v) is 15.2. The van der Waals surface area contributed by atoms with Gasteiger partial charge in [-0.25, -0.2) is 0 Å². The van der Waals surface area contributed by atoms with Crippen LogP contribution >= 0.6 is 0 Å². The average molecular weight is 388 g/mol. The summed E-state index contributed by atoms with van der Waals surface area (Å²) in [7, 11) is 0. The van der Waals surface area contributed by atoms with Gasteiger partial charge in [-0.1, -0.05) is 0 Å². The van der Waals surface area contributed by atoms with Gasteiger partial charge in [0.1, 0.15) is 12.3 Å². The molecule has 0 aliphatic carbocycles. The molecule has 0 saturated carbocycles. The Hall–Kier alpha value is -3.62. The Balaban J connectivity index is 1.65. The van der Waals surface area contributed by atoms with Crippen molar-refractivity contribution in [2.24, 2.45) is 0 Å². The third kappa shape index (κ3) is 6.60. The van der Waals surface area contributed by atoms with Gasteiger partial charge in [-0.3, -0.25) is 19.2 Å². The van der Waals surface area contributed by atoms with Crippen LogP contribution in [-0.2, 0) is 14.3 Å². The highest BCUT2D eigenvalue weighted by Crippen LogP contribution is 2.12. The molecule has 0 unspecified atom stereocenters. The van der Waals surface area contributed by atoms with Gasteiger partial charge in [0.25, 0.3) is 5.91 Å². The van der Waals surface area contributed by atoms with E-state index in [1.807, 2.05) is 6.92 Å². The van der Waals surface area contributed by atoms with Gasteiger partial charge in [-0.05, 0) is 43.3 Å². The van der Waals surface area contributed by atoms with Crippen molar-refractivity contribution in [3.8, 4) is 5.75 Å². The standard InChI is InChI=1S/C19H20N2O7/c1-2-26-14-7-5-13(6-8-14)15(22)12-28-18(24)11-20-17(23)10-21-19(25)16-4-3-9-27-16/h3-9H,2,10-12H2,1H3,(H,20,23)(H,21,25). The van der Waals surface area contributed by atoms with Crippen molar-refractivity contribution in [3.05, 3.63) is 54.0 Å². The number of carbonyl (C=O) groups excluding carboxylic acids is 4. The first-order chi connectivity index (χ1) is 13.5. The summed E-state index contributed by atoms with van der Waals surface area (Å²) in [5.41, 5.74) is 0.376. The van der Waals surface area contributed by atoms with Crippen LogP contribution in [0, 0.1) is 0 Å². The Morgan fingerprint density at radius 3 is 2.39 bits per heavy atom. The van der Waals surface area contributed by atoms with E-state index in [-0.39, 0.29) is 18.1 Å². The van der Waals surface area contributed by atoms with Crippen molar-refractivity contribution in [2.75, 3.05) is 26.3 Å². The summed E-state index contributed by atoms with van der Waals surface area (Å²) in [6.45, 7) is 1.16. The molecule has 2 aromatic rings. The SMILES string of the molecule is CCOc1ccc(C(=O)COC(=O)CNC(=O)CNC(=O)c2ccco2)cc1. The minimum atomic E-state index is -0.773. The number of carbonyl (C=O) groups is 4. The lowest BCUT2D eigenvalue weighted by molar-refractivity contribution is -0.142. The number of rotatable bonds is 10. The lowest BCUT2D eigenvalue weighted by atomic mass is 10.1. The largest absolute Gasteiger partial charge is 0.494 e. The highest BCUT2D eigenvalue weighted by Gasteiger charge is 2.13. The van der Waals surface area contributed by atoms with Crippen LogP contribution in [0.15, 0.2) is 47.1 Å². The van der Waals surface area contributed by atoms with Crippen molar-refractivity contribution in [3.63, 3.8) is 0 Å². The molecule has 0 aliphatic rings. The normalized spacial score (nSPS) is 10.0. The van der Waals surface area contributed by atoms with E-state index in [0.29, 0.717) is 17.9 Å². The number of furan rings is 1. The molecule has 9 nitrogen and oxygen atoms in total. The van der Waals surface area contributed by atoms with Crippen LogP contribution in [0.1, 0.15) is 27.8 Å². The Morgan fingerprint density at radius 1 is 1.00 bits per heavy atom. The fourth-order valence-corrected chi connectivity index (χ4v) is 2.07. The van der Waals surface area contributed by atoms with Crippen molar-refractivity contribution < 1.29 is 33.1 Å². The molecule has 0 atom stereocenters. The number of hydrogen-bond donors (Lipinski definition) is 2. The molecule has 9 heteroatoms. The molecule has 148 valence electrons. The molecule has 2 amide bonds. The Kier molecular flexibility index (Phi) is 7.77. The van der Waals surface area contributed by atoms with E-state index in [0.717, 1.165) is 0 Å². The van der Waals surface area contributed by atoms with Crippen molar-refractivity contribution in [1.29, 1.82) is 0 Å². The molecular weight excluding hydrogens is 368 g/mol. The van der Waals surface area contributed by atoms with Crippen LogP contribution < -0.4 is 15.4 Å². The first kappa shape index (κ1) is 20.7. The number of Topliss-reactive ketones (excluding diaryl/α,β-unsaturated/α-hetero) is 1. The summed E-state index contributed by atoms with van der Waals surface area (Å²) < 4.78 is 15.0. The van der Waals surface area contributed by atoms with Gasteiger partial charge in [0.2, 0.25) is 5.91 Å². The Bertz CT molecular complexity index is 813. The summed E-state index contributed by atoms with van der Waals surface area (Å²) in [5, 5.41) is 4.61. The number of hydrogen-bond acceptors (Lipinski definition) is 7. The lowest BCUT2D eigenvalue weighted by Crippen LogP contribution is -2.39. The summed E-state index contributed by atoms with van der Waals surface area (Å²) in [6, 6.07) is 9.44. The minimum absolute atomic E-state index is 0.0695. The van der Waals surface area contributed by atoms with E-state index in [4.69, 9.17) is 13.9 Å². The number of nitrogens with one attached hydrogen (secondary N) is 2. The van der Waals surface area contributed by atoms with Crippen LogP contribution in [0.4, 0.5) is 0 Å². The Labute approximate surface area is 161 Å². The topological polar surface area (TPSA) is 124 Å². The quantitative estimate of drug-likeness (QED) is 0.459. The monoisotopic (exact) mass is 388 g/mol. The highest BCUT2D eigenvalue weighted by molar-refractivity contribution is 5.98. The van der Waals surface area contributed by atoms with Crippen LogP contribution in [-0.4, -0.2) is 49.9 Å². The van der Waals surface area contributed by atoms with Gasteiger partial charge < -0.3 is 24.5 Å². The van der Waals surface area contributed by atoms with Gasteiger partial charge in [0.05, 0.1) is 19.4 Å². The van der Waals surface area contributed by atoms with E-state index >= 15 is 0 Å². The van der Waals surface area contributed by atoms with E-state index in [2.05, 4.69) is 10.6 Å². The molecule has 1 heterocycles. The molecule has 2 N–H and O–H groups in total. The van der Waals surface area contributed by atoms with E-state index in [1.165, 1.54) is 12.3 Å². The second-order valence-corrected chi connectivity index (χ2v) is 5.48. The van der Waals surface area contributed by atoms with Crippen LogP contribution in [0.5, 0.6) is 5.75 Å². The fraction of sp³-hybridized carbons (Fsp3) is 0.263. The van der Waals surface area contributed by atoms with E-state index in [1.54, 1.807) is 30.3 Å². The number of amides is 2. The molecule has 2 rings (SSSR count). The van der Waals surface area contributed by atoms with Crippen LogP contribution in [0.3, 0.4) is 0 Å². The minimum Gasteiger partial charge on any atom is -0.494 e. The van der Waals surface area contributed by atoms with E-state index < -0.39 is 30.9 Å². The maximum atomic E-state index is 12.0. The molecule has 0 spiro atoms. The number of ketones is 1. The third-order valence-corrected chi connectivity index (χ3v) is 3.44. The van der Waals surface area contributed by atoms with Gasteiger partial charge in [0.15, 0.2) is 18.2 Å². The molecule has 0 saturated heterocycles. The summed E-state index contributed by atoms with van der Waals surface area (Å²) in [5.74, 6) is -1.59. The van der Waals surface area contributed by atoms with Crippen LogP contribution in [0.2, 0.25) is 0 Å². The van der Waals surface area contributed by atoms with Crippen molar-refractivity contribution in [1.82, 2.24) is 10.6 Å². The predicted octanol–water partition coefficient (Wildman–Crippen LogP) is 0.950. The second-order valence-electron chi connectivity index (χ2n) is 5.48. The second kappa shape index (κ2) is 10.5. The van der Waals surface area contributed by atoms with Gasteiger partial charge in [0, 0.05) is 5.56 Å². The molecule has 0 aliphatic heterocycles. The van der Waals surface area contributed by atoms with Crippen molar-refractivity contribution in [2.45, 2.75) is 6.92 Å². The Morgan fingerprint density at radius 2 is 1.75 bits per heavy atom. The predicted molar refractivity (Wildman–Crippen MR) is 97.0 cm³/mol. The highest BCUT2D eigenvalue weighted by atomic mass is 16.5. The smallest absolute Gasteiger partial charge is 0.325 e. The fourth-order valence-electron chi connectivity index (χ4n) is 2.07. The maximum absolute atomic E-state index is 12.0. The molecule has 28 heavy (non-hydrogen) atoms. The number of esters is 1. The van der Waals surface area contributed by atoms with Gasteiger partial charge in [-0.15, -0.1) is 0 Å². The average Bonchev–Trinajstić information content (AvgIpc) is 3.24. The first-order valence-electron chi connectivity index (χ1n) is 8.49. The van der Waals surface area contributed by atoms with Gasteiger partial charge in [-0.2, -0.15) is 0 Å². The molecule has 0 radical (unpaired) electrons. The summed E-state index contributed by atoms with van der Waals surface area (Å²) >= 11 is 0. The number of ether oxygens (including phenoxy) is 2. The zero-order chi connectivity index (χ0) is 20.4. The molecule has 1 aromatic carbocycles. The molecule has 0 bridgehead atoms. The molecule has 1 aromatic heterocycles. The van der Waals surface area contributed by atoms with Crippen LogP contribution in [0.25, 0.3) is 0 Å². The van der Waals surface area contributed by atoms with E-state index in [9.17, 15) is 19.2 Å². The summed E-state index contributed by atoms with van der Waals surface area (Å²) in [6.07, 6.45) is 1.33. The number of benzene rings is 1.